The van der Waals surface area contributed by atoms with E-state index in [4.69, 9.17) is 19.5 Å². The van der Waals surface area contributed by atoms with Crippen molar-refractivity contribution in [1.29, 1.82) is 0 Å². The van der Waals surface area contributed by atoms with Gasteiger partial charge in [0.15, 0.2) is 0 Å². The molecule has 0 saturated carbocycles. The lowest BCUT2D eigenvalue weighted by atomic mass is 9.85. The first-order valence-corrected chi connectivity index (χ1v) is 14.2. The smallest absolute Gasteiger partial charge is 0.143 e. The summed E-state index contributed by atoms with van der Waals surface area (Å²) in [4.78, 5) is 0. The second-order valence-corrected chi connectivity index (χ2v) is 10.5. The SMILES string of the molecule is [2H]c1c([2H])c([2H])c(-c2c([2H])c([2H])c([2H])c3c2oc2c(-c4c([2H])c([2H])c(-c5c6ccccc6c(-c6ccccc6)c6ccccc56)c([2H])c4[2H])c([2H])c([2H])c([2H])c23)c([2H])c1[2H]. The predicted octanol–water partition coefficient (Wildman–Crippen LogP) is 12.6. The quantitative estimate of drug-likeness (QED) is 0.187. The van der Waals surface area contributed by atoms with Gasteiger partial charge < -0.3 is 4.42 Å². The molecule has 1 heteroatoms. The van der Waals surface area contributed by atoms with E-state index in [-0.39, 0.29) is 16.3 Å². The van der Waals surface area contributed by atoms with Crippen molar-refractivity contribution in [1.82, 2.24) is 0 Å². The summed E-state index contributed by atoms with van der Waals surface area (Å²) in [6, 6.07) is 14.8. The number of hydrogen-bond acceptors (Lipinski definition) is 1. The van der Waals surface area contributed by atoms with Crippen molar-refractivity contribution in [2.24, 2.45) is 0 Å². The summed E-state index contributed by atoms with van der Waals surface area (Å²) in [6.45, 7) is 0. The molecule has 0 aliphatic heterocycles. The zero-order chi connectivity index (χ0) is 42.8. The van der Waals surface area contributed by atoms with Crippen molar-refractivity contribution < 1.29 is 25.0 Å². The van der Waals surface area contributed by atoms with Gasteiger partial charge in [-0.15, -0.1) is 0 Å². The normalized spacial score (nSPS) is 16.2. The zero-order valence-electron chi connectivity index (χ0n) is 38.4. The number of benzene rings is 8. The highest BCUT2D eigenvalue weighted by Crippen LogP contribution is 2.44. The van der Waals surface area contributed by atoms with Crippen LogP contribution in [0.3, 0.4) is 0 Å². The van der Waals surface area contributed by atoms with Crippen LogP contribution >= 0.6 is 0 Å². The molecule has 0 amide bonds. The Morgan fingerprint density at radius 1 is 0.333 bits per heavy atom. The molecule has 1 nitrogen and oxygen atoms in total. The van der Waals surface area contributed by atoms with E-state index < -0.39 is 124 Å². The van der Waals surface area contributed by atoms with Crippen LogP contribution in [-0.2, 0) is 0 Å². The van der Waals surface area contributed by atoms with E-state index in [2.05, 4.69) is 0 Å². The third-order valence-corrected chi connectivity index (χ3v) is 7.98. The molecule has 0 radical (unpaired) electrons. The monoisotopic (exact) mass is 587 g/mol. The van der Waals surface area contributed by atoms with Crippen LogP contribution in [0.1, 0.15) is 20.6 Å². The van der Waals surface area contributed by atoms with Crippen LogP contribution in [0.25, 0.3) is 88.0 Å². The average Bonchev–Trinajstić information content (AvgIpc) is 3.65. The number of furan rings is 1. The maximum Gasteiger partial charge on any atom is 0.143 e. The first-order valence-electron chi connectivity index (χ1n) is 21.7. The van der Waals surface area contributed by atoms with Crippen LogP contribution in [0.2, 0.25) is 0 Å². The van der Waals surface area contributed by atoms with Crippen molar-refractivity contribution >= 4 is 43.5 Å². The van der Waals surface area contributed by atoms with E-state index in [1.807, 2.05) is 78.9 Å². The molecule has 9 rings (SSSR count). The summed E-state index contributed by atoms with van der Waals surface area (Å²) in [5.74, 6) is 0. The van der Waals surface area contributed by atoms with Gasteiger partial charge in [-0.2, -0.15) is 0 Å². The van der Waals surface area contributed by atoms with Crippen LogP contribution in [0.4, 0.5) is 0 Å². The van der Waals surface area contributed by atoms with E-state index >= 15 is 0 Å². The molecule has 1 heterocycles. The number of fused-ring (bicyclic) bond motifs is 5. The van der Waals surface area contributed by atoms with Gasteiger partial charge in [-0.1, -0.05) is 169 Å². The summed E-state index contributed by atoms with van der Waals surface area (Å²) in [5, 5.41) is 2.31. The summed E-state index contributed by atoms with van der Waals surface area (Å²) < 4.78 is 139. The highest BCUT2D eigenvalue weighted by atomic mass is 16.3. The molecule has 0 saturated heterocycles. The second kappa shape index (κ2) is 10.4. The van der Waals surface area contributed by atoms with Crippen LogP contribution < -0.4 is 0 Å². The fourth-order valence-corrected chi connectivity index (χ4v) is 6.05. The summed E-state index contributed by atoms with van der Waals surface area (Å²) in [7, 11) is 0. The predicted molar refractivity (Wildman–Crippen MR) is 190 cm³/mol. The van der Waals surface area contributed by atoms with Crippen LogP contribution in [0.15, 0.2) is 174 Å². The lowest BCUT2D eigenvalue weighted by Gasteiger charge is -2.18. The molecular formula is C44H28O. The summed E-state index contributed by atoms with van der Waals surface area (Å²) >= 11 is 0. The lowest BCUT2D eigenvalue weighted by molar-refractivity contribution is 0.671. The van der Waals surface area contributed by atoms with Crippen LogP contribution in [0, 0.1) is 0 Å². The molecule has 9 aromatic rings. The Morgan fingerprint density at radius 3 is 1.31 bits per heavy atom. The van der Waals surface area contributed by atoms with Crippen molar-refractivity contribution in [2.45, 2.75) is 0 Å². The van der Waals surface area contributed by atoms with Gasteiger partial charge in [-0.25, -0.2) is 0 Å². The highest BCUT2D eigenvalue weighted by molar-refractivity contribution is 6.21. The van der Waals surface area contributed by atoms with E-state index in [1.165, 1.54) is 0 Å². The van der Waals surface area contributed by atoms with Gasteiger partial charge in [0.1, 0.15) is 11.2 Å². The molecule has 0 fully saturated rings. The Labute approximate surface area is 282 Å². The van der Waals surface area contributed by atoms with Crippen molar-refractivity contribution in [2.75, 3.05) is 0 Å². The topological polar surface area (TPSA) is 13.1 Å². The molecule has 0 aliphatic rings. The lowest BCUT2D eigenvalue weighted by Crippen LogP contribution is -1.90. The van der Waals surface area contributed by atoms with Crippen molar-refractivity contribution in [3.05, 3.63) is 169 Å². The zero-order valence-corrected chi connectivity index (χ0v) is 23.4. The van der Waals surface area contributed by atoms with E-state index in [1.54, 1.807) is 0 Å². The molecule has 0 unspecified atom stereocenters. The fourth-order valence-electron chi connectivity index (χ4n) is 6.05. The van der Waals surface area contributed by atoms with Gasteiger partial charge in [0.25, 0.3) is 0 Å². The molecule has 1 aromatic heterocycles. The minimum atomic E-state index is -0.737. The Hall–Kier alpha value is -5.92. The molecule has 0 spiro atoms. The molecule has 8 aromatic carbocycles. The van der Waals surface area contributed by atoms with Crippen molar-refractivity contribution in [3.8, 4) is 44.5 Å². The first kappa shape index (κ1) is 14.7. The standard InChI is InChI=1S/C44H28O/c1-3-13-29(14-4-1)33-21-11-23-39-40-24-12-22-34(44(40)45-43(33)39)30-25-27-32(28-26-30)42-37-19-9-7-17-35(37)41(31-15-5-2-6-16-31)36-18-8-10-20-38(36)42/h1-28H/i1D,3D,4D,11D,12D,13D,14D,21D,22D,23D,24D,25D,26D,27D,28D. The van der Waals surface area contributed by atoms with E-state index in [0.717, 1.165) is 21.9 Å². The summed E-state index contributed by atoms with van der Waals surface area (Å²) in [5.41, 5.74) is -0.443. The summed E-state index contributed by atoms with van der Waals surface area (Å²) in [6.07, 6.45) is 0. The molecule has 0 N–H and O–H groups in total. The van der Waals surface area contributed by atoms with Gasteiger partial charge >= 0.3 is 0 Å². The molecule has 45 heavy (non-hydrogen) atoms. The van der Waals surface area contributed by atoms with Crippen molar-refractivity contribution in [3.63, 3.8) is 0 Å². The minimum absolute atomic E-state index is 0.0223. The third kappa shape index (κ3) is 4.09. The van der Waals surface area contributed by atoms with Gasteiger partial charge in [-0.3, -0.25) is 0 Å². The molecule has 0 atom stereocenters. The van der Waals surface area contributed by atoms with E-state index in [0.29, 0.717) is 16.3 Å². The van der Waals surface area contributed by atoms with Gasteiger partial charge in [0.05, 0.1) is 20.6 Å². The Balaban J connectivity index is 1.41. The van der Waals surface area contributed by atoms with Crippen LogP contribution in [-0.4, -0.2) is 0 Å². The Kier molecular flexibility index (Phi) is 3.39. The maximum atomic E-state index is 9.51. The maximum absolute atomic E-state index is 9.51. The van der Waals surface area contributed by atoms with Gasteiger partial charge in [0, 0.05) is 21.9 Å². The van der Waals surface area contributed by atoms with E-state index in [9.17, 15) is 5.48 Å². The Morgan fingerprint density at radius 2 is 0.778 bits per heavy atom. The first-order chi connectivity index (χ1) is 28.6. The second-order valence-electron chi connectivity index (χ2n) is 10.5. The average molecular weight is 588 g/mol. The number of rotatable bonds is 4. The molecule has 210 valence electrons. The highest BCUT2D eigenvalue weighted by Gasteiger charge is 2.18. The number of hydrogen-bond donors (Lipinski definition) is 0. The minimum Gasteiger partial charge on any atom is -0.455 e. The molecule has 0 aliphatic carbocycles. The molecular weight excluding hydrogens is 544 g/mol. The number of para-hydroxylation sites is 2. The van der Waals surface area contributed by atoms with Gasteiger partial charge in [-0.05, 0) is 54.9 Å². The largest absolute Gasteiger partial charge is 0.455 e. The Bertz CT molecular complexity index is 3260. The van der Waals surface area contributed by atoms with Crippen LogP contribution in [0.5, 0.6) is 0 Å². The van der Waals surface area contributed by atoms with Gasteiger partial charge in [0.2, 0.25) is 0 Å². The third-order valence-electron chi connectivity index (χ3n) is 7.98. The molecule has 0 bridgehead atoms. The fraction of sp³-hybridized carbons (Fsp3) is 0.